The molecule has 1 saturated heterocycles. The molecule has 2 aromatic rings. The summed E-state index contributed by atoms with van der Waals surface area (Å²) in [5.41, 5.74) is 0.359. The average molecular weight is 413 g/mol. The first kappa shape index (κ1) is 21.1. The van der Waals surface area contributed by atoms with Gasteiger partial charge < -0.3 is 14.9 Å². The molecule has 1 heterocycles. The Bertz CT molecular complexity index is 1020. The van der Waals surface area contributed by atoms with Crippen molar-refractivity contribution in [3.63, 3.8) is 0 Å². The van der Waals surface area contributed by atoms with Crippen LogP contribution in [0.2, 0.25) is 0 Å². The number of carbonyl (C=O) groups excluding carboxylic acids is 2. The first-order valence-corrected chi connectivity index (χ1v) is 9.14. The quantitative estimate of drug-likeness (QED) is 0.257. The summed E-state index contributed by atoms with van der Waals surface area (Å²) in [6.07, 6.45) is 0. The minimum absolute atomic E-state index is 0.137. The summed E-state index contributed by atoms with van der Waals surface area (Å²) in [4.78, 5) is 39.1. The van der Waals surface area contributed by atoms with Crippen molar-refractivity contribution >= 4 is 23.1 Å². The van der Waals surface area contributed by atoms with E-state index in [-0.39, 0.29) is 23.4 Å². The molecule has 30 heavy (non-hydrogen) atoms. The Morgan fingerprint density at radius 3 is 2.27 bits per heavy atom. The van der Waals surface area contributed by atoms with Crippen LogP contribution in [-0.4, -0.2) is 58.7 Å². The van der Waals surface area contributed by atoms with E-state index in [9.17, 15) is 29.2 Å². The molecule has 0 aromatic heterocycles. The SMILES string of the molecule is CN(C)CCN1C(=O)C(=O)C(=C(O)c2ccc(F)cc2)C1c1ccc([N+](=O)[O-])cc1. The molecule has 1 N–H and O–H groups in total. The number of likely N-dealkylation sites (tertiary alicyclic amines) is 1. The fraction of sp³-hybridized carbons (Fsp3) is 0.238. The first-order valence-electron chi connectivity index (χ1n) is 9.14. The minimum atomic E-state index is -0.921. The van der Waals surface area contributed by atoms with Gasteiger partial charge in [-0.25, -0.2) is 4.39 Å². The number of halogens is 1. The number of nitrogens with zero attached hydrogens (tertiary/aromatic N) is 3. The number of amides is 1. The molecule has 1 amide bonds. The number of rotatable bonds is 6. The van der Waals surface area contributed by atoms with Gasteiger partial charge in [-0.2, -0.15) is 0 Å². The van der Waals surface area contributed by atoms with E-state index in [0.717, 1.165) is 12.1 Å². The Kier molecular flexibility index (Phi) is 5.93. The number of Topliss-reactive ketones (excluding diaryl/α,β-unsaturated/α-hetero) is 1. The molecule has 1 atom stereocenters. The predicted octanol–water partition coefficient (Wildman–Crippen LogP) is 2.72. The monoisotopic (exact) mass is 413 g/mol. The fourth-order valence-corrected chi connectivity index (χ4v) is 3.31. The molecule has 0 bridgehead atoms. The van der Waals surface area contributed by atoms with Crippen molar-refractivity contribution < 1.29 is 24.0 Å². The molecule has 0 saturated carbocycles. The smallest absolute Gasteiger partial charge is 0.295 e. The lowest BCUT2D eigenvalue weighted by atomic mass is 9.95. The fourth-order valence-electron chi connectivity index (χ4n) is 3.31. The number of hydrogen-bond acceptors (Lipinski definition) is 6. The third-order valence-corrected chi connectivity index (χ3v) is 4.87. The van der Waals surface area contributed by atoms with Gasteiger partial charge in [0.15, 0.2) is 0 Å². The zero-order valence-electron chi connectivity index (χ0n) is 16.4. The van der Waals surface area contributed by atoms with Crippen molar-refractivity contribution in [3.8, 4) is 0 Å². The summed E-state index contributed by atoms with van der Waals surface area (Å²) in [5, 5.41) is 21.8. The summed E-state index contributed by atoms with van der Waals surface area (Å²) in [6.45, 7) is 0.673. The van der Waals surface area contributed by atoms with Crippen LogP contribution in [0.15, 0.2) is 54.1 Å². The molecule has 1 fully saturated rings. The number of aliphatic hydroxyl groups is 1. The molecule has 0 aliphatic carbocycles. The molecule has 1 aliphatic rings. The van der Waals surface area contributed by atoms with Gasteiger partial charge in [-0.05, 0) is 56.1 Å². The van der Waals surface area contributed by atoms with Crippen LogP contribution in [-0.2, 0) is 9.59 Å². The van der Waals surface area contributed by atoms with Crippen LogP contribution in [0.1, 0.15) is 17.2 Å². The van der Waals surface area contributed by atoms with Crippen LogP contribution in [0.5, 0.6) is 0 Å². The molecule has 1 unspecified atom stereocenters. The highest BCUT2D eigenvalue weighted by molar-refractivity contribution is 6.46. The van der Waals surface area contributed by atoms with E-state index in [1.54, 1.807) is 0 Å². The van der Waals surface area contributed by atoms with E-state index >= 15 is 0 Å². The lowest BCUT2D eigenvalue weighted by Gasteiger charge is -2.26. The number of nitro benzene ring substituents is 1. The van der Waals surface area contributed by atoms with Gasteiger partial charge in [-0.3, -0.25) is 19.7 Å². The number of likely N-dealkylation sites (N-methyl/N-ethyl adjacent to an activating group) is 1. The third kappa shape index (κ3) is 4.06. The zero-order valence-corrected chi connectivity index (χ0v) is 16.4. The van der Waals surface area contributed by atoms with E-state index in [1.807, 2.05) is 19.0 Å². The minimum Gasteiger partial charge on any atom is -0.507 e. The largest absolute Gasteiger partial charge is 0.507 e. The van der Waals surface area contributed by atoms with Gasteiger partial charge in [0.2, 0.25) is 0 Å². The summed E-state index contributed by atoms with van der Waals surface area (Å²) in [5.74, 6) is -2.57. The number of benzene rings is 2. The maximum absolute atomic E-state index is 13.3. The summed E-state index contributed by atoms with van der Waals surface area (Å²) >= 11 is 0. The predicted molar refractivity (Wildman–Crippen MR) is 107 cm³/mol. The Morgan fingerprint density at radius 1 is 1.13 bits per heavy atom. The first-order chi connectivity index (χ1) is 14.2. The number of nitro groups is 1. The molecule has 8 nitrogen and oxygen atoms in total. The van der Waals surface area contributed by atoms with Crippen LogP contribution in [0.25, 0.3) is 5.76 Å². The average Bonchev–Trinajstić information content (AvgIpc) is 2.97. The number of ketones is 1. The number of non-ortho nitro benzene ring substituents is 1. The second-order valence-corrected chi connectivity index (χ2v) is 7.15. The molecule has 156 valence electrons. The second kappa shape index (κ2) is 8.42. The lowest BCUT2D eigenvalue weighted by molar-refractivity contribution is -0.384. The Balaban J connectivity index is 2.13. The van der Waals surface area contributed by atoms with Crippen LogP contribution >= 0.6 is 0 Å². The van der Waals surface area contributed by atoms with Crippen molar-refractivity contribution in [2.75, 3.05) is 27.2 Å². The standard InChI is InChI=1S/C21H20FN3O5/c1-23(2)11-12-24-18(13-5-9-16(10-6-13)25(29)30)17(20(27)21(24)28)19(26)14-3-7-15(22)8-4-14/h3-10,18,26H,11-12H2,1-2H3. The van der Waals surface area contributed by atoms with Gasteiger partial charge in [-0.15, -0.1) is 0 Å². The Labute approximate surface area is 172 Å². The summed E-state index contributed by atoms with van der Waals surface area (Å²) in [6, 6.07) is 9.44. The van der Waals surface area contributed by atoms with E-state index in [1.165, 1.54) is 41.3 Å². The highest BCUT2D eigenvalue weighted by Gasteiger charge is 2.45. The van der Waals surface area contributed by atoms with Gasteiger partial charge in [-0.1, -0.05) is 0 Å². The molecular weight excluding hydrogens is 393 g/mol. The van der Waals surface area contributed by atoms with E-state index in [0.29, 0.717) is 12.1 Å². The van der Waals surface area contributed by atoms with Gasteiger partial charge >= 0.3 is 0 Å². The lowest BCUT2D eigenvalue weighted by Crippen LogP contribution is -2.35. The molecule has 9 heteroatoms. The molecule has 0 spiro atoms. The molecular formula is C21H20FN3O5. The third-order valence-electron chi connectivity index (χ3n) is 4.87. The van der Waals surface area contributed by atoms with Crippen LogP contribution in [0, 0.1) is 15.9 Å². The summed E-state index contributed by atoms with van der Waals surface area (Å²) < 4.78 is 13.3. The molecule has 0 radical (unpaired) electrons. The number of carbonyl (C=O) groups is 2. The highest BCUT2D eigenvalue weighted by Crippen LogP contribution is 2.39. The van der Waals surface area contributed by atoms with E-state index in [4.69, 9.17) is 0 Å². The van der Waals surface area contributed by atoms with Crippen LogP contribution < -0.4 is 0 Å². The van der Waals surface area contributed by atoms with Gasteiger partial charge in [0.25, 0.3) is 17.4 Å². The van der Waals surface area contributed by atoms with Crippen molar-refractivity contribution in [2.45, 2.75) is 6.04 Å². The number of aliphatic hydroxyl groups excluding tert-OH is 1. The van der Waals surface area contributed by atoms with Crippen LogP contribution in [0.3, 0.4) is 0 Å². The topological polar surface area (TPSA) is 104 Å². The second-order valence-electron chi connectivity index (χ2n) is 7.15. The summed E-state index contributed by atoms with van der Waals surface area (Å²) in [7, 11) is 3.63. The molecule has 3 rings (SSSR count). The van der Waals surface area contributed by atoms with Crippen molar-refractivity contribution in [1.29, 1.82) is 0 Å². The zero-order chi connectivity index (χ0) is 22.0. The normalized spacial score (nSPS) is 18.3. The van der Waals surface area contributed by atoms with Gasteiger partial charge in [0.1, 0.15) is 11.6 Å². The van der Waals surface area contributed by atoms with Crippen molar-refractivity contribution in [3.05, 3.63) is 81.2 Å². The highest BCUT2D eigenvalue weighted by atomic mass is 19.1. The molecule has 2 aromatic carbocycles. The van der Waals surface area contributed by atoms with Crippen LogP contribution in [0.4, 0.5) is 10.1 Å². The maximum atomic E-state index is 13.3. The van der Waals surface area contributed by atoms with E-state index in [2.05, 4.69) is 0 Å². The van der Waals surface area contributed by atoms with Gasteiger partial charge in [0, 0.05) is 30.8 Å². The Hall–Kier alpha value is -3.59. The number of hydrogen-bond donors (Lipinski definition) is 1. The van der Waals surface area contributed by atoms with E-state index < -0.39 is 34.2 Å². The molecule has 1 aliphatic heterocycles. The van der Waals surface area contributed by atoms with Crippen molar-refractivity contribution in [2.24, 2.45) is 0 Å². The van der Waals surface area contributed by atoms with Gasteiger partial charge in [0.05, 0.1) is 16.5 Å². The maximum Gasteiger partial charge on any atom is 0.295 e. The Morgan fingerprint density at radius 2 is 1.73 bits per heavy atom. The van der Waals surface area contributed by atoms with Crippen molar-refractivity contribution in [1.82, 2.24) is 9.80 Å².